The molecule has 3 rings (SSSR count). The Bertz CT molecular complexity index is 923. The van der Waals surface area contributed by atoms with E-state index < -0.39 is 12.6 Å². The van der Waals surface area contributed by atoms with E-state index in [1.807, 2.05) is 13.8 Å². The quantitative estimate of drug-likeness (QED) is 0.571. The SMILES string of the molecule is CC[C@@H](C)NC(=O)COC(=O)c1ccccc1C(=O)c1ccc2c(c1)OCCO2. The Morgan fingerprint density at radius 1 is 1.03 bits per heavy atom. The molecule has 1 amide bonds. The van der Waals surface area contributed by atoms with Crippen molar-refractivity contribution in [2.75, 3.05) is 19.8 Å². The Kier molecular flexibility index (Phi) is 6.49. The Hall–Kier alpha value is -3.35. The van der Waals surface area contributed by atoms with E-state index in [0.717, 1.165) is 6.42 Å². The zero-order chi connectivity index (χ0) is 20.8. The molecule has 7 nitrogen and oxygen atoms in total. The van der Waals surface area contributed by atoms with Crippen molar-refractivity contribution in [3.63, 3.8) is 0 Å². The van der Waals surface area contributed by atoms with Crippen LogP contribution in [0.2, 0.25) is 0 Å². The van der Waals surface area contributed by atoms with Crippen molar-refractivity contribution < 1.29 is 28.6 Å². The topological polar surface area (TPSA) is 90.9 Å². The van der Waals surface area contributed by atoms with E-state index in [2.05, 4.69) is 5.32 Å². The zero-order valence-corrected chi connectivity index (χ0v) is 16.4. The number of ketones is 1. The minimum absolute atomic E-state index is 0.00901. The van der Waals surface area contributed by atoms with Crippen molar-refractivity contribution >= 4 is 17.7 Å². The predicted octanol–water partition coefficient (Wildman–Crippen LogP) is 2.76. The average Bonchev–Trinajstić information content (AvgIpc) is 2.76. The Morgan fingerprint density at radius 3 is 2.45 bits per heavy atom. The van der Waals surface area contributed by atoms with Gasteiger partial charge >= 0.3 is 5.97 Å². The first-order valence-corrected chi connectivity index (χ1v) is 9.49. The molecule has 0 bridgehead atoms. The summed E-state index contributed by atoms with van der Waals surface area (Å²) in [6.45, 7) is 4.26. The lowest BCUT2D eigenvalue weighted by Gasteiger charge is -2.18. The smallest absolute Gasteiger partial charge is 0.339 e. The highest BCUT2D eigenvalue weighted by Gasteiger charge is 2.22. The molecule has 1 aliphatic heterocycles. The van der Waals surface area contributed by atoms with Crippen LogP contribution >= 0.6 is 0 Å². The van der Waals surface area contributed by atoms with Gasteiger partial charge in [0.2, 0.25) is 0 Å². The molecular weight excluding hydrogens is 374 g/mol. The van der Waals surface area contributed by atoms with Crippen molar-refractivity contribution in [1.82, 2.24) is 5.32 Å². The van der Waals surface area contributed by atoms with E-state index in [4.69, 9.17) is 14.2 Å². The number of ether oxygens (including phenoxy) is 3. The van der Waals surface area contributed by atoms with E-state index in [1.165, 1.54) is 6.07 Å². The van der Waals surface area contributed by atoms with Crippen LogP contribution in [-0.2, 0) is 9.53 Å². The van der Waals surface area contributed by atoms with Gasteiger partial charge < -0.3 is 19.5 Å². The van der Waals surface area contributed by atoms with E-state index >= 15 is 0 Å². The number of hydrogen-bond acceptors (Lipinski definition) is 6. The van der Waals surface area contributed by atoms with Gasteiger partial charge in [0, 0.05) is 17.2 Å². The number of hydrogen-bond donors (Lipinski definition) is 1. The largest absolute Gasteiger partial charge is 0.486 e. The molecule has 1 heterocycles. The molecule has 1 atom stereocenters. The highest BCUT2D eigenvalue weighted by molar-refractivity contribution is 6.14. The number of nitrogens with one attached hydrogen (secondary N) is 1. The maximum Gasteiger partial charge on any atom is 0.339 e. The second kappa shape index (κ2) is 9.23. The van der Waals surface area contributed by atoms with Crippen LogP contribution in [-0.4, -0.2) is 43.5 Å². The molecular formula is C22H23NO6. The van der Waals surface area contributed by atoms with Crippen LogP contribution in [0, 0.1) is 0 Å². The first-order chi connectivity index (χ1) is 14.0. The molecule has 152 valence electrons. The molecule has 7 heteroatoms. The van der Waals surface area contributed by atoms with Gasteiger partial charge in [-0.25, -0.2) is 4.79 Å². The molecule has 29 heavy (non-hydrogen) atoms. The van der Waals surface area contributed by atoms with E-state index in [9.17, 15) is 14.4 Å². The van der Waals surface area contributed by atoms with Crippen LogP contribution in [0.15, 0.2) is 42.5 Å². The predicted molar refractivity (Wildman–Crippen MR) is 105 cm³/mol. The summed E-state index contributed by atoms with van der Waals surface area (Å²) < 4.78 is 16.1. The van der Waals surface area contributed by atoms with Gasteiger partial charge in [-0.15, -0.1) is 0 Å². The standard InChI is InChI=1S/C22H23NO6/c1-3-14(2)23-20(24)13-29-22(26)17-7-5-4-6-16(17)21(25)15-8-9-18-19(12-15)28-11-10-27-18/h4-9,12,14H,3,10-11,13H2,1-2H3,(H,23,24)/t14-/m1/s1. The van der Waals surface area contributed by atoms with Crippen molar-refractivity contribution in [3.8, 4) is 11.5 Å². The van der Waals surface area contributed by atoms with E-state index in [-0.39, 0.29) is 28.9 Å². The lowest BCUT2D eigenvalue weighted by atomic mass is 9.98. The third kappa shape index (κ3) is 4.93. The molecule has 0 unspecified atom stereocenters. The maximum absolute atomic E-state index is 13.0. The van der Waals surface area contributed by atoms with Crippen molar-refractivity contribution in [3.05, 3.63) is 59.2 Å². The first kappa shape index (κ1) is 20.4. The van der Waals surface area contributed by atoms with Gasteiger partial charge in [-0.2, -0.15) is 0 Å². The number of rotatable bonds is 7. The normalized spacial score (nSPS) is 13.3. The third-order valence-electron chi connectivity index (χ3n) is 4.55. The van der Waals surface area contributed by atoms with Crippen LogP contribution in [0.1, 0.15) is 46.5 Å². The first-order valence-electron chi connectivity index (χ1n) is 9.49. The molecule has 0 aromatic heterocycles. The second-order valence-electron chi connectivity index (χ2n) is 6.69. The summed E-state index contributed by atoms with van der Waals surface area (Å²) in [4.78, 5) is 37.3. The van der Waals surface area contributed by atoms with Crippen LogP contribution in [0.3, 0.4) is 0 Å². The van der Waals surface area contributed by atoms with Crippen LogP contribution in [0.25, 0.3) is 0 Å². The van der Waals surface area contributed by atoms with E-state index in [1.54, 1.807) is 36.4 Å². The van der Waals surface area contributed by atoms with Gasteiger partial charge in [-0.1, -0.05) is 25.1 Å². The average molecular weight is 397 g/mol. The molecule has 0 fully saturated rings. The third-order valence-corrected chi connectivity index (χ3v) is 4.55. The van der Waals surface area contributed by atoms with Crippen molar-refractivity contribution in [2.45, 2.75) is 26.3 Å². The number of fused-ring (bicyclic) bond motifs is 1. The summed E-state index contributed by atoms with van der Waals surface area (Å²) >= 11 is 0. The number of esters is 1. The number of amides is 1. The molecule has 0 radical (unpaired) electrons. The van der Waals surface area contributed by atoms with Gasteiger partial charge in [0.05, 0.1) is 5.56 Å². The van der Waals surface area contributed by atoms with Gasteiger partial charge in [0.25, 0.3) is 5.91 Å². The second-order valence-corrected chi connectivity index (χ2v) is 6.69. The summed E-state index contributed by atoms with van der Waals surface area (Å²) in [6.07, 6.45) is 0.770. The minimum Gasteiger partial charge on any atom is -0.486 e. The Morgan fingerprint density at radius 2 is 1.72 bits per heavy atom. The molecule has 0 saturated carbocycles. The van der Waals surface area contributed by atoms with Crippen LogP contribution in [0.5, 0.6) is 11.5 Å². The van der Waals surface area contributed by atoms with Gasteiger partial charge in [-0.05, 0) is 37.6 Å². The summed E-state index contributed by atoms with van der Waals surface area (Å²) in [6, 6.07) is 11.2. The molecule has 1 aliphatic rings. The number of carbonyl (C=O) groups is 3. The lowest BCUT2D eigenvalue weighted by molar-refractivity contribution is -0.124. The van der Waals surface area contributed by atoms with Crippen molar-refractivity contribution in [1.29, 1.82) is 0 Å². The molecule has 2 aromatic carbocycles. The fourth-order valence-electron chi connectivity index (χ4n) is 2.83. The Labute approximate surface area is 169 Å². The summed E-state index contributed by atoms with van der Waals surface area (Å²) in [5, 5.41) is 2.72. The number of carbonyl (C=O) groups excluding carboxylic acids is 3. The van der Waals surface area contributed by atoms with Gasteiger partial charge in [-0.3, -0.25) is 9.59 Å². The van der Waals surface area contributed by atoms with Gasteiger partial charge in [0.15, 0.2) is 23.9 Å². The minimum atomic E-state index is -0.731. The molecule has 0 saturated heterocycles. The van der Waals surface area contributed by atoms with E-state index in [0.29, 0.717) is 30.3 Å². The maximum atomic E-state index is 13.0. The van der Waals surface area contributed by atoms with Crippen LogP contribution < -0.4 is 14.8 Å². The number of benzene rings is 2. The highest BCUT2D eigenvalue weighted by Crippen LogP contribution is 2.31. The fraction of sp³-hybridized carbons (Fsp3) is 0.318. The highest BCUT2D eigenvalue weighted by atomic mass is 16.6. The summed E-state index contributed by atoms with van der Waals surface area (Å²) in [5.41, 5.74) is 0.657. The Balaban J connectivity index is 1.75. The lowest BCUT2D eigenvalue weighted by Crippen LogP contribution is -2.35. The van der Waals surface area contributed by atoms with Crippen molar-refractivity contribution in [2.24, 2.45) is 0 Å². The summed E-state index contributed by atoms with van der Waals surface area (Å²) in [5.74, 6) is -0.399. The van der Waals surface area contributed by atoms with Gasteiger partial charge in [0.1, 0.15) is 13.2 Å². The summed E-state index contributed by atoms with van der Waals surface area (Å²) in [7, 11) is 0. The fourth-order valence-corrected chi connectivity index (χ4v) is 2.83. The molecule has 0 aliphatic carbocycles. The molecule has 1 N–H and O–H groups in total. The molecule has 2 aromatic rings. The zero-order valence-electron chi connectivity index (χ0n) is 16.4. The monoisotopic (exact) mass is 397 g/mol. The molecule has 0 spiro atoms. The van der Waals surface area contributed by atoms with Crippen LogP contribution in [0.4, 0.5) is 0 Å².